The highest BCUT2D eigenvalue weighted by Crippen LogP contribution is 2.40. The molecule has 2 rings (SSSR count). The van der Waals surface area contributed by atoms with Crippen LogP contribution >= 0.6 is 11.6 Å². The number of likely N-dealkylation sites (N-methyl/N-ethyl adjacent to an activating group) is 1. The zero-order valence-electron chi connectivity index (χ0n) is 11.0. The number of oxime groups is 1. The molecule has 0 bridgehead atoms. The Morgan fingerprint density at radius 1 is 1.39 bits per heavy atom. The maximum Gasteiger partial charge on any atom is 0.0749 e. The standard InChI is InChI=1S/C14H17ClN2O/c1-9-7-14(2,3)17(4)13-6-12(15)10(8-16-18)5-11(9)13/h5-8,18H,1-4H3/b16-8+. The van der Waals surface area contributed by atoms with Crippen molar-refractivity contribution >= 4 is 29.1 Å². The quantitative estimate of drug-likeness (QED) is 0.476. The highest BCUT2D eigenvalue weighted by atomic mass is 35.5. The maximum atomic E-state index is 8.63. The molecule has 4 heteroatoms. The summed E-state index contributed by atoms with van der Waals surface area (Å²) >= 11 is 6.20. The minimum atomic E-state index is -0.0347. The number of halogens is 1. The lowest BCUT2D eigenvalue weighted by atomic mass is 9.88. The fourth-order valence-electron chi connectivity index (χ4n) is 2.35. The smallest absolute Gasteiger partial charge is 0.0749 e. The van der Waals surface area contributed by atoms with Crippen LogP contribution in [-0.4, -0.2) is 24.0 Å². The minimum absolute atomic E-state index is 0.0347. The van der Waals surface area contributed by atoms with Gasteiger partial charge in [-0.25, -0.2) is 0 Å². The number of allylic oxidation sites excluding steroid dienone is 1. The third-order valence-corrected chi connectivity index (χ3v) is 3.86. The van der Waals surface area contributed by atoms with Crippen LogP contribution in [0.2, 0.25) is 5.02 Å². The van der Waals surface area contributed by atoms with Gasteiger partial charge in [-0.15, -0.1) is 0 Å². The Morgan fingerprint density at radius 2 is 2.06 bits per heavy atom. The predicted octanol–water partition coefficient (Wildman–Crippen LogP) is 3.78. The van der Waals surface area contributed by atoms with Gasteiger partial charge < -0.3 is 10.1 Å². The van der Waals surface area contributed by atoms with Crippen LogP contribution < -0.4 is 4.90 Å². The van der Waals surface area contributed by atoms with Crippen molar-refractivity contribution in [2.24, 2.45) is 5.16 Å². The lowest BCUT2D eigenvalue weighted by Crippen LogP contribution is -2.42. The highest BCUT2D eigenvalue weighted by molar-refractivity contribution is 6.33. The fraction of sp³-hybridized carbons (Fsp3) is 0.357. The second-order valence-electron chi connectivity index (χ2n) is 5.18. The largest absolute Gasteiger partial charge is 0.411 e. The van der Waals surface area contributed by atoms with Crippen molar-refractivity contribution in [2.45, 2.75) is 26.3 Å². The van der Waals surface area contributed by atoms with Crippen LogP contribution in [0.15, 0.2) is 23.4 Å². The van der Waals surface area contributed by atoms with E-state index in [1.165, 1.54) is 11.8 Å². The van der Waals surface area contributed by atoms with E-state index in [0.717, 1.165) is 16.8 Å². The summed E-state index contributed by atoms with van der Waals surface area (Å²) in [6.07, 6.45) is 3.58. The van der Waals surface area contributed by atoms with Crippen LogP contribution in [0.3, 0.4) is 0 Å². The molecule has 0 spiro atoms. The van der Waals surface area contributed by atoms with E-state index in [9.17, 15) is 0 Å². The van der Waals surface area contributed by atoms with Crippen molar-refractivity contribution < 1.29 is 5.21 Å². The number of hydrogen-bond acceptors (Lipinski definition) is 3. The third-order valence-electron chi connectivity index (χ3n) is 3.53. The molecule has 1 aromatic carbocycles. The van der Waals surface area contributed by atoms with Gasteiger partial charge in [-0.1, -0.05) is 22.8 Å². The Bertz CT molecular complexity index is 547. The second kappa shape index (κ2) is 4.32. The molecule has 0 saturated heterocycles. The highest BCUT2D eigenvalue weighted by Gasteiger charge is 2.28. The first-order chi connectivity index (χ1) is 8.36. The van der Waals surface area contributed by atoms with Gasteiger partial charge in [0.25, 0.3) is 0 Å². The summed E-state index contributed by atoms with van der Waals surface area (Å²) in [5, 5.41) is 12.3. The monoisotopic (exact) mass is 264 g/mol. The van der Waals surface area contributed by atoms with E-state index in [4.69, 9.17) is 16.8 Å². The molecule has 0 atom stereocenters. The molecule has 0 amide bonds. The van der Waals surface area contributed by atoms with Gasteiger partial charge in [-0.05, 0) is 38.5 Å². The van der Waals surface area contributed by atoms with Crippen LogP contribution in [0.1, 0.15) is 31.9 Å². The van der Waals surface area contributed by atoms with Crippen molar-refractivity contribution in [3.05, 3.63) is 34.4 Å². The van der Waals surface area contributed by atoms with Crippen molar-refractivity contribution in [1.82, 2.24) is 0 Å². The molecule has 0 radical (unpaired) electrons. The summed E-state index contributed by atoms with van der Waals surface area (Å²) in [5.74, 6) is 0. The van der Waals surface area contributed by atoms with E-state index in [1.807, 2.05) is 12.1 Å². The van der Waals surface area contributed by atoms with E-state index >= 15 is 0 Å². The van der Waals surface area contributed by atoms with Gasteiger partial charge in [-0.2, -0.15) is 0 Å². The minimum Gasteiger partial charge on any atom is -0.411 e. The molecule has 1 N–H and O–H groups in total. The van der Waals surface area contributed by atoms with E-state index in [0.29, 0.717) is 5.02 Å². The number of hydrogen-bond donors (Lipinski definition) is 1. The summed E-state index contributed by atoms with van der Waals surface area (Å²) in [5.41, 5.74) is 4.11. The van der Waals surface area contributed by atoms with Gasteiger partial charge in [0.2, 0.25) is 0 Å². The van der Waals surface area contributed by atoms with Crippen molar-refractivity contribution in [1.29, 1.82) is 0 Å². The van der Waals surface area contributed by atoms with Gasteiger partial charge in [0.15, 0.2) is 0 Å². The van der Waals surface area contributed by atoms with Crippen LogP contribution in [0.5, 0.6) is 0 Å². The van der Waals surface area contributed by atoms with Crippen molar-refractivity contribution in [3.8, 4) is 0 Å². The Balaban J connectivity index is 2.66. The van der Waals surface area contributed by atoms with E-state index < -0.39 is 0 Å². The summed E-state index contributed by atoms with van der Waals surface area (Å²) in [6.45, 7) is 6.41. The molecule has 1 heterocycles. The molecule has 1 aliphatic rings. The summed E-state index contributed by atoms with van der Waals surface area (Å²) < 4.78 is 0. The maximum absolute atomic E-state index is 8.63. The number of nitrogens with zero attached hydrogens (tertiary/aromatic N) is 2. The number of benzene rings is 1. The molecular formula is C14H17ClN2O. The molecule has 3 nitrogen and oxygen atoms in total. The molecular weight excluding hydrogens is 248 g/mol. The zero-order valence-corrected chi connectivity index (χ0v) is 11.8. The number of rotatable bonds is 1. The molecule has 1 aliphatic heterocycles. The van der Waals surface area contributed by atoms with Gasteiger partial charge in [0, 0.05) is 23.9 Å². The Labute approximate surface area is 112 Å². The normalized spacial score (nSPS) is 17.8. The van der Waals surface area contributed by atoms with Crippen molar-refractivity contribution in [2.75, 3.05) is 11.9 Å². The summed E-state index contributed by atoms with van der Waals surface area (Å²) in [7, 11) is 2.05. The fourth-order valence-corrected chi connectivity index (χ4v) is 2.56. The Hall–Kier alpha value is -1.48. The van der Waals surface area contributed by atoms with Crippen molar-refractivity contribution in [3.63, 3.8) is 0 Å². The van der Waals surface area contributed by atoms with Gasteiger partial charge in [0.05, 0.1) is 16.8 Å². The lowest BCUT2D eigenvalue weighted by Gasteiger charge is -2.40. The lowest BCUT2D eigenvalue weighted by molar-refractivity contribution is 0.322. The predicted molar refractivity (Wildman–Crippen MR) is 77.0 cm³/mol. The van der Waals surface area contributed by atoms with Crippen LogP contribution in [0, 0.1) is 0 Å². The Morgan fingerprint density at radius 3 is 2.67 bits per heavy atom. The summed E-state index contributed by atoms with van der Waals surface area (Å²) in [4.78, 5) is 2.20. The number of fused-ring (bicyclic) bond motifs is 1. The van der Waals surface area contributed by atoms with Gasteiger partial charge in [-0.3, -0.25) is 0 Å². The SMILES string of the molecule is CC1=CC(C)(C)N(C)c2cc(Cl)c(/C=N/O)cc21. The topological polar surface area (TPSA) is 35.8 Å². The Kier molecular flexibility index (Phi) is 3.11. The second-order valence-corrected chi connectivity index (χ2v) is 5.58. The summed E-state index contributed by atoms with van der Waals surface area (Å²) in [6, 6.07) is 3.88. The molecule has 96 valence electrons. The molecule has 0 unspecified atom stereocenters. The average Bonchev–Trinajstić information content (AvgIpc) is 2.28. The first kappa shape index (κ1) is 13.0. The number of anilines is 1. The molecule has 0 fully saturated rings. The van der Waals surface area contributed by atoms with E-state index in [-0.39, 0.29) is 5.54 Å². The average molecular weight is 265 g/mol. The van der Waals surface area contributed by atoms with Crippen LogP contribution in [-0.2, 0) is 0 Å². The molecule has 1 aromatic rings. The molecule has 0 aliphatic carbocycles. The van der Waals surface area contributed by atoms with E-state index in [1.54, 1.807) is 0 Å². The van der Waals surface area contributed by atoms with E-state index in [2.05, 4.69) is 44.0 Å². The first-order valence-electron chi connectivity index (χ1n) is 5.81. The first-order valence-corrected chi connectivity index (χ1v) is 6.19. The van der Waals surface area contributed by atoms with Gasteiger partial charge >= 0.3 is 0 Å². The third kappa shape index (κ3) is 1.99. The van der Waals surface area contributed by atoms with Gasteiger partial charge in [0.1, 0.15) is 0 Å². The van der Waals surface area contributed by atoms with Crippen LogP contribution in [0.25, 0.3) is 5.57 Å². The molecule has 0 aromatic heterocycles. The zero-order chi connectivity index (χ0) is 13.5. The van der Waals surface area contributed by atoms with Crippen LogP contribution in [0.4, 0.5) is 5.69 Å². The molecule has 0 saturated carbocycles. The molecule has 18 heavy (non-hydrogen) atoms.